The summed E-state index contributed by atoms with van der Waals surface area (Å²) < 4.78 is 52.7. The Hall–Kier alpha value is -4.26. The molecule has 0 aliphatic carbocycles. The summed E-state index contributed by atoms with van der Waals surface area (Å²) in [6, 6.07) is 6.89. The van der Waals surface area contributed by atoms with Crippen LogP contribution in [0.2, 0.25) is 0 Å². The maximum Gasteiger partial charge on any atom is 0.407 e. The highest BCUT2D eigenvalue weighted by atomic mass is 32.2. The number of ether oxygens (including phenoxy) is 3. The Morgan fingerprint density at radius 1 is 1.21 bits per heavy atom. The highest BCUT2D eigenvalue weighted by molar-refractivity contribution is 7.92. The van der Waals surface area contributed by atoms with Crippen LogP contribution in [0, 0.1) is 0 Å². The predicted octanol–water partition coefficient (Wildman–Crippen LogP) is 3.63. The molecule has 3 heterocycles. The summed E-state index contributed by atoms with van der Waals surface area (Å²) in [6.07, 6.45) is 5.19. The number of alkyl carbamates (subject to hydrolysis) is 1. The molecule has 0 atom stereocenters. The van der Waals surface area contributed by atoms with Gasteiger partial charge >= 0.3 is 6.09 Å². The van der Waals surface area contributed by atoms with E-state index in [1.165, 1.54) is 14.2 Å². The van der Waals surface area contributed by atoms with E-state index >= 15 is 0 Å². The van der Waals surface area contributed by atoms with E-state index in [9.17, 15) is 13.2 Å². The Morgan fingerprint density at radius 2 is 2.05 bits per heavy atom. The van der Waals surface area contributed by atoms with Crippen LogP contribution in [0.4, 0.5) is 10.6 Å². The second-order valence-corrected chi connectivity index (χ2v) is 10.7. The van der Waals surface area contributed by atoms with Gasteiger partial charge in [0.05, 0.1) is 33.6 Å². The van der Waals surface area contributed by atoms with Crippen molar-refractivity contribution >= 4 is 32.9 Å². The third-order valence-corrected chi connectivity index (χ3v) is 7.89. The molecule has 2 aromatic carbocycles. The van der Waals surface area contributed by atoms with Gasteiger partial charge in [-0.3, -0.25) is 9.40 Å². The Bertz CT molecular complexity index is 1630. The number of benzene rings is 2. The number of rotatable bonds is 9. The molecular formula is C26H29N5O7S. The molecule has 39 heavy (non-hydrogen) atoms. The van der Waals surface area contributed by atoms with E-state index in [4.69, 9.17) is 14.0 Å². The molecule has 2 aromatic heterocycles. The predicted molar refractivity (Wildman–Crippen MR) is 142 cm³/mol. The van der Waals surface area contributed by atoms with Gasteiger partial charge in [-0.05, 0) is 48.6 Å². The van der Waals surface area contributed by atoms with Crippen LogP contribution < -0.4 is 19.5 Å². The Labute approximate surface area is 225 Å². The molecule has 0 bridgehead atoms. The minimum absolute atomic E-state index is 0.0167. The van der Waals surface area contributed by atoms with Crippen molar-refractivity contribution in [2.24, 2.45) is 0 Å². The van der Waals surface area contributed by atoms with E-state index in [2.05, 4.69) is 25.0 Å². The van der Waals surface area contributed by atoms with Crippen molar-refractivity contribution in [3.8, 4) is 11.5 Å². The number of amides is 1. The largest absolute Gasteiger partial charge is 0.495 e. The van der Waals surface area contributed by atoms with E-state index in [1.54, 1.807) is 23.0 Å². The van der Waals surface area contributed by atoms with Crippen LogP contribution in [-0.4, -0.2) is 50.3 Å². The molecule has 2 N–H and O–H groups in total. The Balaban J connectivity index is 1.47. The van der Waals surface area contributed by atoms with E-state index in [0.717, 1.165) is 35.1 Å². The summed E-state index contributed by atoms with van der Waals surface area (Å²) in [7, 11) is -1.32. The molecule has 5 rings (SSSR count). The van der Waals surface area contributed by atoms with Gasteiger partial charge in [0.15, 0.2) is 11.4 Å². The number of hydrogen-bond donors (Lipinski definition) is 2. The van der Waals surface area contributed by atoms with Gasteiger partial charge in [-0.2, -0.15) is 5.10 Å². The average Bonchev–Trinajstić information content (AvgIpc) is 3.57. The topological polar surface area (TPSA) is 147 Å². The number of sulfonamides is 1. The van der Waals surface area contributed by atoms with E-state index in [-0.39, 0.29) is 23.0 Å². The van der Waals surface area contributed by atoms with Gasteiger partial charge in [0.2, 0.25) is 0 Å². The molecule has 0 saturated carbocycles. The summed E-state index contributed by atoms with van der Waals surface area (Å²) in [5.74, 6) is 0.823. The highest BCUT2D eigenvalue weighted by Crippen LogP contribution is 2.41. The fourth-order valence-electron chi connectivity index (χ4n) is 4.57. The van der Waals surface area contributed by atoms with Crippen LogP contribution in [0.3, 0.4) is 0 Å². The number of carbonyl (C=O) groups is 1. The summed E-state index contributed by atoms with van der Waals surface area (Å²) in [5, 5.41) is 11.5. The molecule has 0 saturated heterocycles. The van der Waals surface area contributed by atoms with E-state index in [0.29, 0.717) is 36.3 Å². The number of nitrogens with one attached hydrogen (secondary N) is 2. The van der Waals surface area contributed by atoms with Gasteiger partial charge in [-0.1, -0.05) is 18.1 Å². The molecule has 4 aromatic rings. The number of carbonyl (C=O) groups excluding carboxylic acids is 1. The molecule has 0 spiro atoms. The van der Waals surface area contributed by atoms with Crippen LogP contribution in [0.1, 0.15) is 35.6 Å². The molecule has 206 valence electrons. The van der Waals surface area contributed by atoms with Gasteiger partial charge in [0.25, 0.3) is 10.0 Å². The number of nitrogens with zero attached hydrogens (tertiary/aromatic N) is 3. The number of aryl methyl sites for hydroxylation is 1. The first kappa shape index (κ1) is 26.4. The number of fused-ring (bicyclic) bond motifs is 3. The monoisotopic (exact) mass is 555 g/mol. The lowest BCUT2D eigenvalue weighted by Crippen LogP contribution is -2.21. The first-order valence-corrected chi connectivity index (χ1v) is 13.9. The van der Waals surface area contributed by atoms with Crippen molar-refractivity contribution in [1.82, 2.24) is 20.3 Å². The van der Waals surface area contributed by atoms with Gasteiger partial charge in [0, 0.05) is 23.9 Å². The van der Waals surface area contributed by atoms with Gasteiger partial charge in [0.1, 0.15) is 21.8 Å². The van der Waals surface area contributed by atoms with Crippen molar-refractivity contribution in [3.63, 3.8) is 0 Å². The van der Waals surface area contributed by atoms with Gasteiger partial charge in [-0.15, -0.1) is 0 Å². The standard InChI is InChI=1S/C26H29N5O7S/c1-4-16-7-8-20(35-2)22(10-16)39(33,34)30-25-23-21(38-29-25)11-18(19-6-5-9-37-24(19)23)15-31-14-17(13-28-31)12-27-26(32)36-3/h7-8,10-11,13-14H,4-6,9,12,15H2,1-3H3,(H,27,32)(H,29,30). The normalized spacial score (nSPS) is 13.0. The zero-order valence-corrected chi connectivity index (χ0v) is 22.6. The van der Waals surface area contributed by atoms with Crippen LogP contribution >= 0.6 is 0 Å². The highest BCUT2D eigenvalue weighted by Gasteiger charge is 2.28. The van der Waals surface area contributed by atoms with Crippen LogP contribution in [0.15, 0.2) is 46.1 Å². The maximum atomic E-state index is 13.4. The molecule has 13 heteroatoms. The summed E-state index contributed by atoms with van der Waals surface area (Å²) in [5.41, 5.74) is 3.90. The summed E-state index contributed by atoms with van der Waals surface area (Å²) in [6.45, 7) is 3.13. The smallest absolute Gasteiger partial charge is 0.407 e. The van der Waals surface area contributed by atoms with Crippen molar-refractivity contribution in [3.05, 3.63) is 58.9 Å². The second kappa shape index (κ2) is 10.8. The summed E-state index contributed by atoms with van der Waals surface area (Å²) in [4.78, 5) is 11.4. The number of anilines is 1. The minimum Gasteiger partial charge on any atom is -0.495 e. The molecule has 1 amide bonds. The van der Waals surface area contributed by atoms with Crippen LogP contribution in [-0.2, 0) is 40.7 Å². The number of aromatic nitrogens is 3. The molecular weight excluding hydrogens is 526 g/mol. The van der Waals surface area contributed by atoms with Crippen molar-refractivity contribution < 1.29 is 31.9 Å². The van der Waals surface area contributed by atoms with Crippen LogP contribution in [0.5, 0.6) is 11.5 Å². The average molecular weight is 556 g/mol. The lowest BCUT2D eigenvalue weighted by Gasteiger charge is -2.21. The zero-order chi connectivity index (χ0) is 27.6. The first-order valence-electron chi connectivity index (χ1n) is 12.4. The molecule has 0 fully saturated rings. The Morgan fingerprint density at radius 3 is 2.82 bits per heavy atom. The van der Waals surface area contributed by atoms with E-state index in [1.807, 2.05) is 25.3 Å². The third-order valence-electron chi connectivity index (χ3n) is 6.53. The fourth-order valence-corrected chi connectivity index (χ4v) is 5.80. The van der Waals surface area contributed by atoms with Crippen molar-refractivity contribution in [2.75, 3.05) is 25.5 Å². The fraction of sp³-hybridized carbons (Fsp3) is 0.346. The Kier molecular flexibility index (Phi) is 7.33. The third kappa shape index (κ3) is 5.35. The van der Waals surface area contributed by atoms with Gasteiger partial charge in [-0.25, -0.2) is 13.2 Å². The summed E-state index contributed by atoms with van der Waals surface area (Å²) >= 11 is 0. The quantitative estimate of drug-likeness (QED) is 0.316. The zero-order valence-electron chi connectivity index (χ0n) is 21.8. The van der Waals surface area contributed by atoms with Crippen molar-refractivity contribution in [1.29, 1.82) is 0 Å². The molecule has 1 aliphatic heterocycles. The van der Waals surface area contributed by atoms with Crippen LogP contribution in [0.25, 0.3) is 11.0 Å². The number of methoxy groups -OCH3 is 2. The molecule has 0 radical (unpaired) electrons. The lowest BCUT2D eigenvalue weighted by atomic mass is 9.97. The first-order chi connectivity index (χ1) is 18.8. The molecule has 12 nitrogen and oxygen atoms in total. The molecule has 0 unspecified atom stereocenters. The second-order valence-electron chi connectivity index (χ2n) is 9.04. The SMILES string of the molecule is CCc1ccc(OC)c(S(=O)(=O)Nc2noc3cc(Cn4cc(CNC(=O)OC)cn4)c4c(c23)OCCC4)c1. The lowest BCUT2D eigenvalue weighted by molar-refractivity contribution is 0.170. The van der Waals surface area contributed by atoms with E-state index < -0.39 is 16.1 Å². The van der Waals surface area contributed by atoms with Gasteiger partial charge < -0.3 is 24.1 Å². The maximum absolute atomic E-state index is 13.4. The van der Waals surface area contributed by atoms with Crippen molar-refractivity contribution in [2.45, 2.75) is 44.2 Å². The minimum atomic E-state index is -4.05. The molecule has 1 aliphatic rings. The number of hydrogen-bond acceptors (Lipinski definition) is 9.